The van der Waals surface area contributed by atoms with Gasteiger partial charge in [-0.15, -0.1) is 0 Å². The molecule has 21 heavy (non-hydrogen) atoms. The van der Waals surface area contributed by atoms with Gasteiger partial charge in [0, 0.05) is 12.6 Å². The number of carbonyl (C=O) groups is 1. The molecule has 0 aliphatic heterocycles. The summed E-state index contributed by atoms with van der Waals surface area (Å²) in [6.07, 6.45) is 0. The molecule has 110 valence electrons. The zero-order valence-corrected chi connectivity index (χ0v) is 12.4. The van der Waals surface area contributed by atoms with Crippen molar-refractivity contribution in [1.82, 2.24) is 0 Å². The third-order valence-corrected chi connectivity index (χ3v) is 2.93. The molecule has 2 aromatic carbocycles. The summed E-state index contributed by atoms with van der Waals surface area (Å²) in [5, 5.41) is 3.27. The summed E-state index contributed by atoms with van der Waals surface area (Å²) in [5.41, 5.74) is 0.738. The van der Waals surface area contributed by atoms with Crippen molar-refractivity contribution in [1.29, 1.82) is 0 Å². The molecule has 1 amide bonds. The second-order valence-corrected chi connectivity index (χ2v) is 4.74. The third kappa shape index (κ3) is 5.00. The van der Waals surface area contributed by atoms with Gasteiger partial charge in [0.05, 0.1) is 5.02 Å². The molecular formula is C16H16ClNO3. The molecule has 0 bridgehead atoms. The summed E-state index contributed by atoms with van der Waals surface area (Å²) in [5.74, 6) is 1.26. The van der Waals surface area contributed by atoms with E-state index in [4.69, 9.17) is 21.1 Å². The summed E-state index contributed by atoms with van der Waals surface area (Å²) in [6.45, 7) is 2.28. The van der Waals surface area contributed by atoms with Crippen molar-refractivity contribution in [3.05, 3.63) is 53.6 Å². The van der Waals surface area contributed by atoms with E-state index in [1.165, 1.54) is 6.92 Å². The van der Waals surface area contributed by atoms with Crippen molar-refractivity contribution in [3.63, 3.8) is 0 Å². The summed E-state index contributed by atoms with van der Waals surface area (Å²) in [7, 11) is 0. The molecule has 0 spiro atoms. The predicted octanol–water partition coefficient (Wildman–Crippen LogP) is 3.76. The Morgan fingerprint density at radius 3 is 2.38 bits per heavy atom. The molecule has 0 atom stereocenters. The van der Waals surface area contributed by atoms with E-state index in [9.17, 15) is 4.79 Å². The number of rotatable bonds is 6. The highest BCUT2D eigenvalue weighted by atomic mass is 35.5. The fourth-order valence-corrected chi connectivity index (χ4v) is 1.90. The zero-order chi connectivity index (χ0) is 15.1. The summed E-state index contributed by atoms with van der Waals surface area (Å²) in [4.78, 5) is 10.9. The first kappa shape index (κ1) is 15.2. The van der Waals surface area contributed by atoms with E-state index in [0.29, 0.717) is 29.7 Å². The van der Waals surface area contributed by atoms with Crippen molar-refractivity contribution >= 4 is 23.2 Å². The maximum Gasteiger partial charge on any atom is 0.221 e. The standard InChI is InChI=1S/C16H16ClNO3/c1-12(19)18-13-6-8-14(9-7-13)20-10-11-21-16-5-3-2-4-15(16)17/h2-9H,10-11H2,1H3,(H,18,19). The molecule has 4 nitrogen and oxygen atoms in total. The minimum Gasteiger partial charge on any atom is -0.490 e. The second-order valence-electron chi connectivity index (χ2n) is 4.33. The molecule has 0 heterocycles. The van der Waals surface area contributed by atoms with Crippen LogP contribution in [0.3, 0.4) is 0 Å². The summed E-state index contributed by atoms with van der Waals surface area (Å²) in [6, 6.07) is 14.5. The Morgan fingerprint density at radius 1 is 1.05 bits per heavy atom. The molecule has 5 heteroatoms. The molecule has 0 aromatic heterocycles. The molecule has 0 fully saturated rings. The highest BCUT2D eigenvalue weighted by Gasteiger charge is 2.00. The van der Waals surface area contributed by atoms with E-state index in [0.717, 1.165) is 5.69 Å². The van der Waals surface area contributed by atoms with Crippen LogP contribution in [0.25, 0.3) is 0 Å². The van der Waals surface area contributed by atoms with Gasteiger partial charge < -0.3 is 14.8 Å². The van der Waals surface area contributed by atoms with Crippen LogP contribution in [0.1, 0.15) is 6.92 Å². The highest BCUT2D eigenvalue weighted by molar-refractivity contribution is 6.32. The van der Waals surface area contributed by atoms with Crippen LogP contribution >= 0.6 is 11.6 Å². The lowest BCUT2D eigenvalue weighted by atomic mass is 10.3. The van der Waals surface area contributed by atoms with Crippen LogP contribution in [-0.2, 0) is 4.79 Å². The van der Waals surface area contributed by atoms with Gasteiger partial charge in [0.2, 0.25) is 5.91 Å². The van der Waals surface area contributed by atoms with Gasteiger partial charge in [-0.1, -0.05) is 23.7 Å². The average molecular weight is 306 g/mol. The number of anilines is 1. The van der Waals surface area contributed by atoms with Crippen LogP contribution in [0.4, 0.5) is 5.69 Å². The molecule has 0 saturated heterocycles. The van der Waals surface area contributed by atoms with Crippen LogP contribution < -0.4 is 14.8 Å². The minimum absolute atomic E-state index is 0.100. The minimum atomic E-state index is -0.100. The number of ether oxygens (including phenoxy) is 2. The molecule has 0 aliphatic rings. The van der Waals surface area contributed by atoms with Crippen molar-refractivity contribution in [2.45, 2.75) is 6.92 Å². The highest BCUT2D eigenvalue weighted by Crippen LogP contribution is 2.23. The van der Waals surface area contributed by atoms with Gasteiger partial charge in [0.1, 0.15) is 24.7 Å². The van der Waals surface area contributed by atoms with E-state index in [1.807, 2.05) is 18.2 Å². The van der Waals surface area contributed by atoms with Gasteiger partial charge in [-0.2, -0.15) is 0 Å². The van der Waals surface area contributed by atoms with E-state index in [1.54, 1.807) is 30.3 Å². The Morgan fingerprint density at radius 2 is 1.71 bits per heavy atom. The number of hydrogen-bond acceptors (Lipinski definition) is 3. The number of halogens is 1. The van der Waals surface area contributed by atoms with Crippen molar-refractivity contribution in [3.8, 4) is 11.5 Å². The first-order valence-corrected chi connectivity index (χ1v) is 6.91. The van der Waals surface area contributed by atoms with E-state index in [2.05, 4.69) is 5.32 Å². The number of nitrogens with one attached hydrogen (secondary N) is 1. The maximum atomic E-state index is 10.9. The third-order valence-electron chi connectivity index (χ3n) is 2.62. The number of amides is 1. The number of para-hydroxylation sites is 1. The largest absolute Gasteiger partial charge is 0.490 e. The zero-order valence-electron chi connectivity index (χ0n) is 11.6. The maximum absolute atomic E-state index is 10.9. The fourth-order valence-electron chi connectivity index (χ4n) is 1.71. The molecule has 2 aromatic rings. The van der Waals surface area contributed by atoms with Crippen LogP contribution in [0.15, 0.2) is 48.5 Å². The van der Waals surface area contributed by atoms with Crippen molar-refractivity contribution < 1.29 is 14.3 Å². The van der Waals surface area contributed by atoms with Crippen molar-refractivity contribution in [2.75, 3.05) is 18.5 Å². The monoisotopic (exact) mass is 305 g/mol. The lowest BCUT2D eigenvalue weighted by molar-refractivity contribution is -0.114. The number of hydrogen-bond donors (Lipinski definition) is 1. The normalized spacial score (nSPS) is 10.0. The first-order valence-electron chi connectivity index (χ1n) is 6.53. The first-order chi connectivity index (χ1) is 10.1. The average Bonchev–Trinajstić information content (AvgIpc) is 2.46. The lowest BCUT2D eigenvalue weighted by Gasteiger charge is -2.10. The topological polar surface area (TPSA) is 47.6 Å². The predicted molar refractivity (Wildman–Crippen MR) is 83.2 cm³/mol. The quantitative estimate of drug-likeness (QED) is 0.827. The van der Waals surface area contributed by atoms with Gasteiger partial charge in [0.15, 0.2) is 0 Å². The Balaban J connectivity index is 1.76. The Hall–Kier alpha value is -2.20. The molecule has 0 unspecified atom stereocenters. The number of carbonyl (C=O) groups excluding carboxylic acids is 1. The Kier molecular flexibility index (Phi) is 5.46. The molecule has 2 rings (SSSR count). The second kappa shape index (κ2) is 7.55. The summed E-state index contributed by atoms with van der Waals surface area (Å²) < 4.78 is 11.1. The molecule has 0 radical (unpaired) electrons. The molecule has 1 N–H and O–H groups in total. The van der Waals surface area contributed by atoms with Crippen molar-refractivity contribution in [2.24, 2.45) is 0 Å². The Bertz CT molecular complexity index is 599. The van der Waals surface area contributed by atoms with Gasteiger partial charge in [-0.05, 0) is 36.4 Å². The smallest absolute Gasteiger partial charge is 0.221 e. The summed E-state index contributed by atoms with van der Waals surface area (Å²) >= 11 is 5.98. The van der Waals surface area contributed by atoms with Gasteiger partial charge in [-0.25, -0.2) is 0 Å². The van der Waals surface area contributed by atoms with Crippen LogP contribution in [0, 0.1) is 0 Å². The van der Waals surface area contributed by atoms with E-state index < -0.39 is 0 Å². The molecular weight excluding hydrogens is 290 g/mol. The lowest BCUT2D eigenvalue weighted by Crippen LogP contribution is -2.09. The van der Waals surface area contributed by atoms with Crippen LogP contribution in [0.5, 0.6) is 11.5 Å². The SMILES string of the molecule is CC(=O)Nc1ccc(OCCOc2ccccc2Cl)cc1. The molecule has 0 aliphatic carbocycles. The van der Waals surface area contributed by atoms with Gasteiger partial charge >= 0.3 is 0 Å². The van der Waals surface area contributed by atoms with Crippen LogP contribution in [0.2, 0.25) is 5.02 Å². The van der Waals surface area contributed by atoms with E-state index >= 15 is 0 Å². The fraction of sp³-hybridized carbons (Fsp3) is 0.188. The van der Waals surface area contributed by atoms with Gasteiger partial charge in [-0.3, -0.25) is 4.79 Å². The number of benzene rings is 2. The Labute approximate surface area is 128 Å². The molecule has 0 saturated carbocycles. The van der Waals surface area contributed by atoms with Gasteiger partial charge in [0.25, 0.3) is 0 Å². The van der Waals surface area contributed by atoms with E-state index in [-0.39, 0.29) is 5.91 Å². The van der Waals surface area contributed by atoms with Crippen LogP contribution in [-0.4, -0.2) is 19.1 Å².